The molecular weight excluding hydrogens is 214 g/mol. The molecule has 1 aromatic heterocycles. The zero-order valence-corrected chi connectivity index (χ0v) is 9.60. The molecule has 0 aliphatic heterocycles. The summed E-state index contributed by atoms with van der Waals surface area (Å²) in [5.41, 5.74) is 1.48. The Labute approximate surface area is 93.7 Å². The predicted molar refractivity (Wildman–Crippen MR) is 59.2 cm³/mol. The molecule has 1 saturated carbocycles. The van der Waals surface area contributed by atoms with Crippen LogP contribution in [0, 0.1) is 13.8 Å². The van der Waals surface area contributed by atoms with Crippen LogP contribution in [0.2, 0.25) is 5.15 Å². The van der Waals surface area contributed by atoms with Gasteiger partial charge in [-0.1, -0.05) is 11.6 Å². The van der Waals surface area contributed by atoms with Gasteiger partial charge in [0.15, 0.2) is 11.0 Å². The molecule has 4 nitrogen and oxygen atoms in total. The maximum absolute atomic E-state index is 9.18. The molecule has 0 saturated heterocycles. The van der Waals surface area contributed by atoms with E-state index >= 15 is 0 Å². The van der Waals surface area contributed by atoms with E-state index < -0.39 is 0 Å². The van der Waals surface area contributed by atoms with Gasteiger partial charge in [0, 0.05) is 0 Å². The van der Waals surface area contributed by atoms with Gasteiger partial charge in [-0.15, -0.1) is 0 Å². The van der Waals surface area contributed by atoms with Crippen LogP contribution in [0.1, 0.15) is 24.2 Å². The number of aliphatic hydroxyl groups excluding tert-OH is 1. The standard InChI is InChI=1S/C10H14ClN3O/c1-6-7(2)13-9(8(11)12-6)14-10(5-15)3-4-10/h15H,3-5H2,1-2H3,(H,13,14). The number of anilines is 1. The van der Waals surface area contributed by atoms with Crippen molar-refractivity contribution in [2.75, 3.05) is 11.9 Å². The van der Waals surface area contributed by atoms with E-state index in [1.165, 1.54) is 0 Å². The van der Waals surface area contributed by atoms with Gasteiger partial charge in [-0.3, -0.25) is 0 Å². The summed E-state index contributed by atoms with van der Waals surface area (Å²) in [4.78, 5) is 8.51. The SMILES string of the molecule is Cc1nc(Cl)c(NC2(CO)CC2)nc1C. The molecule has 1 aliphatic rings. The molecule has 0 amide bonds. The Hall–Kier alpha value is -0.870. The third-order valence-electron chi connectivity index (χ3n) is 2.80. The zero-order valence-electron chi connectivity index (χ0n) is 8.84. The highest BCUT2D eigenvalue weighted by atomic mass is 35.5. The molecule has 0 radical (unpaired) electrons. The minimum Gasteiger partial charge on any atom is -0.394 e. The molecule has 2 rings (SSSR count). The third kappa shape index (κ3) is 2.06. The first kappa shape index (κ1) is 10.6. The first-order valence-electron chi connectivity index (χ1n) is 4.96. The smallest absolute Gasteiger partial charge is 0.171 e. The number of hydrogen-bond donors (Lipinski definition) is 2. The molecule has 0 spiro atoms. The summed E-state index contributed by atoms with van der Waals surface area (Å²) < 4.78 is 0. The summed E-state index contributed by atoms with van der Waals surface area (Å²) in [5.74, 6) is 0.575. The molecule has 2 N–H and O–H groups in total. The van der Waals surface area contributed by atoms with Gasteiger partial charge in [-0.25, -0.2) is 9.97 Å². The van der Waals surface area contributed by atoms with Crippen molar-refractivity contribution in [3.63, 3.8) is 0 Å². The number of aliphatic hydroxyl groups is 1. The topological polar surface area (TPSA) is 58.0 Å². The largest absolute Gasteiger partial charge is 0.394 e. The number of nitrogens with one attached hydrogen (secondary N) is 1. The number of hydrogen-bond acceptors (Lipinski definition) is 4. The van der Waals surface area contributed by atoms with Gasteiger partial charge in [0.05, 0.1) is 23.5 Å². The van der Waals surface area contributed by atoms with Gasteiger partial charge >= 0.3 is 0 Å². The van der Waals surface area contributed by atoms with Crippen molar-refractivity contribution < 1.29 is 5.11 Å². The molecular formula is C10H14ClN3O. The molecule has 1 heterocycles. The van der Waals surface area contributed by atoms with Crippen LogP contribution < -0.4 is 5.32 Å². The summed E-state index contributed by atoms with van der Waals surface area (Å²) in [7, 11) is 0. The average Bonchev–Trinajstić information content (AvgIpc) is 2.95. The number of halogens is 1. The van der Waals surface area contributed by atoms with Crippen molar-refractivity contribution in [1.29, 1.82) is 0 Å². The van der Waals surface area contributed by atoms with Crippen molar-refractivity contribution in [2.24, 2.45) is 0 Å². The van der Waals surface area contributed by atoms with Crippen molar-refractivity contribution in [3.05, 3.63) is 16.5 Å². The molecule has 0 bridgehead atoms. The van der Waals surface area contributed by atoms with Crippen molar-refractivity contribution in [1.82, 2.24) is 9.97 Å². The van der Waals surface area contributed by atoms with Crippen molar-refractivity contribution >= 4 is 17.4 Å². The van der Waals surface area contributed by atoms with E-state index in [0.29, 0.717) is 11.0 Å². The summed E-state index contributed by atoms with van der Waals surface area (Å²) in [6.07, 6.45) is 1.91. The van der Waals surface area contributed by atoms with E-state index in [0.717, 1.165) is 24.2 Å². The van der Waals surface area contributed by atoms with E-state index in [2.05, 4.69) is 15.3 Å². The van der Waals surface area contributed by atoms with E-state index in [9.17, 15) is 5.11 Å². The Kier molecular flexibility index (Phi) is 2.56. The fraction of sp³-hybridized carbons (Fsp3) is 0.600. The zero-order chi connectivity index (χ0) is 11.1. The van der Waals surface area contributed by atoms with E-state index in [1.54, 1.807) is 0 Å². The summed E-state index contributed by atoms with van der Waals surface area (Å²) in [6, 6.07) is 0. The van der Waals surface area contributed by atoms with Gasteiger partial charge in [0.25, 0.3) is 0 Å². The number of nitrogens with zero attached hydrogens (tertiary/aromatic N) is 2. The lowest BCUT2D eigenvalue weighted by Gasteiger charge is -2.16. The molecule has 1 aromatic rings. The molecule has 0 unspecified atom stereocenters. The maximum atomic E-state index is 9.18. The Bertz CT molecular complexity index is 390. The molecule has 1 aliphatic carbocycles. The summed E-state index contributed by atoms with van der Waals surface area (Å²) >= 11 is 5.97. The predicted octanol–water partition coefficient (Wildman–Crippen LogP) is 1.68. The number of rotatable bonds is 3. The molecule has 0 aromatic carbocycles. The van der Waals surface area contributed by atoms with Crippen molar-refractivity contribution in [2.45, 2.75) is 32.2 Å². The van der Waals surface area contributed by atoms with Crippen LogP contribution in [0.25, 0.3) is 0 Å². The van der Waals surface area contributed by atoms with E-state index in [1.807, 2.05) is 13.8 Å². The quantitative estimate of drug-likeness (QED) is 0.825. The fourth-order valence-electron chi connectivity index (χ4n) is 1.38. The number of aromatic nitrogens is 2. The lowest BCUT2D eigenvalue weighted by atomic mass is 10.3. The van der Waals surface area contributed by atoms with E-state index in [4.69, 9.17) is 11.6 Å². The molecule has 1 fully saturated rings. The minimum atomic E-state index is -0.208. The first-order chi connectivity index (χ1) is 7.06. The number of aryl methyl sites for hydroxylation is 2. The maximum Gasteiger partial charge on any atom is 0.171 e. The first-order valence-corrected chi connectivity index (χ1v) is 5.34. The van der Waals surface area contributed by atoms with Crippen molar-refractivity contribution in [3.8, 4) is 0 Å². The second-order valence-corrected chi connectivity index (χ2v) is 4.46. The van der Waals surface area contributed by atoms with Crippen LogP contribution in [0.5, 0.6) is 0 Å². The highest BCUT2D eigenvalue weighted by Gasteiger charge is 2.42. The lowest BCUT2D eigenvalue weighted by molar-refractivity contribution is 0.266. The second-order valence-electron chi connectivity index (χ2n) is 4.10. The van der Waals surface area contributed by atoms with Crippen LogP contribution in [0.4, 0.5) is 5.82 Å². The molecule has 82 valence electrons. The third-order valence-corrected chi connectivity index (χ3v) is 3.07. The highest BCUT2D eigenvalue weighted by molar-refractivity contribution is 6.31. The molecule has 15 heavy (non-hydrogen) atoms. The Morgan fingerprint density at radius 3 is 2.47 bits per heavy atom. The minimum absolute atomic E-state index is 0.109. The van der Waals surface area contributed by atoms with Gasteiger partial charge in [-0.05, 0) is 26.7 Å². The molecule has 0 atom stereocenters. The Morgan fingerprint density at radius 1 is 1.33 bits per heavy atom. The Morgan fingerprint density at radius 2 is 1.93 bits per heavy atom. The van der Waals surface area contributed by atoms with E-state index in [-0.39, 0.29) is 12.1 Å². The van der Waals surface area contributed by atoms with Crippen LogP contribution >= 0.6 is 11.6 Å². The average molecular weight is 228 g/mol. The van der Waals surface area contributed by atoms with Crippen LogP contribution in [0.3, 0.4) is 0 Å². The monoisotopic (exact) mass is 227 g/mol. The van der Waals surface area contributed by atoms with Crippen LogP contribution in [0.15, 0.2) is 0 Å². The Balaban J connectivity index is 2.25. The van der Waals surface area contributed by atoms with Gasteiger partial charge in [-0.2, -0.15) is 0 Å². The fourth-order valence-corrected chi connectivity index (χ4v) is 1.60. The van der Waals surface area contributed by atoms with Crippen LogP contribution in [-0.4, -0.2) is 27.2 Å². The normalized spacial score (nSPS) is 17.6. The highest BCUT2D eigenvalue weighted by Crippen LogP contribution is 2.39. The molecule has 5 heteroatoms. The van der Waals surface area contributed by atoms with Gasteiger partial charge < -0.3 is 10.4 Å². The second kappa shape index (κ2) is 3.61. The van der Waals surface area contributed by atoms with Crippen LogP contribution in [-0.2, 0) is 0 Å². The van der Waals surface area contributed by atoms with Gasteiger partial charge in [0.2, 0.25) is 0 Å². The lowest BCUT2D eigenvalue weighted by Crippen LogP contribution is -2.26. The summed E-state index contributed by atoms with van der Waals surface area (Å²) in [6.45, 7) is 3.87. The van der Waals surface area contributed by atoms with Gasteiger partial charge in [0.1, 0.15) is 0 Å². The summed E-state index contributed by atoms with van der Waals surface area (Å²) in [5, 5.41) is 12.7.